The van der Waals surface area contributed by atoms with Gasteiger partial charge in [0.05, 0.1) is 19.0 Å². The highest BCUT2D eigenvalue weighted by Crippen LogP contribution is 2.06. The van der Waals surface area contributed by atoms with Crippen LogP contribution in [0.1, 0.15) is 25.6 Å². The lowest BCUT2D eigenvalue weighted by Crippen LogP contribution is -2.43. The Balaban J connectivity index is 0.00000312. The molecule has 8 nitrogen and oxygen atoms in total. The van der Waals surface area contributed by atoms with Crippen LogP contribution in [0.5, 0.6) is 0 Å². The molecule has 0 radical (unpaired) electrons. The zero-order valence-corrected chi connectivity index (χ0v) is 14.9. The van der Waals surface area contributed by atoms with Crippen molar-refractivity contribution in [3.05, 3.63) is 42.0 Å². The number of benzene rings is 1. The number of aromatic nitrogens is 2. The van der Waals surface area contributed by atoms with Crippen molar-refractivity contribution in [1.82, 2.24) is 15.5 Å². The van der Waals surface area contributed by atoms with Crippen molar-refractivity contribution >= 4 is 29.9 Å². The molecule has 0 bridgehead atoms. The second-order valence-electron chi connectivity index (χ2n) is 5.68. The summed E-state index contributed by atoms with van der Waals surface area (Å²) in [5.74, 6) is -0.0291. The lowest BCUT2D eigenvalue weighted by atomic mass is 10.1. The summed E-state index contributed by atoms with van der Waals surface area (Å²) < 4.78 is 5.01. The van der Waals surface area contributed by atoms with Crippen LogP contribution in [-0.2, 0) is 22.6 Å². The lowest BCUT2D eigenvalue weighted by molar-refractivity contribution is -0.123. The Hall–Kier alpha value is -2.45. The molecule has 9 heteroatoms. The zero-order chi connectivity index (χ0) is 17.5. The number of carbonyl (C=O) groups is 2. The van der Waals surface area contributed by atoms with Crippen LogP contribution in [0, 0.1) is 5.92 Å². The number of anilines is 1. The first-order valence-electron chi connectivity index (χ1n) is 7.65. The van der Waals surface area contributed by atoms with Crippen molar-refractivity contribution in [2.24, 2.45) is 11.7 Å². The monoisotopic (exact) mass is 367 g/mol. The number of amides is 2. The fourth-order valence-electron chi connectivity index (χ4n) is 1.89. The van der Waals surface area contributed by atoms with Gasteiger partial charge in [0.2, 0.25) is 17.7 Å². The third-order valence-corrected chi connectivity index (χ3v) is 3.32. The van der Waals surface area contributed by atoms with E-state index < -0.39 is 6.04 Å². The molecule has 0 aliphatic rings. The van der Waals surface area contributed by atoms with Crippen LogP contribution in [-0.4, -0.2) is 28.0 Å². The van der Waals surface area contributed by atoms with Crippen LogP contribution in [0.2, 0.25) is 0 Å². The molecule has 4 N–H and O–H groups in total. The van der Waals surface area contributed by atoms with E-state index in [1.54, 1.807) is 12.1 Å². The fraction of sp³-hybridized carbons (Fsp3) is 0.375. The number of halogens is 1. The molecular weight excluding hydrogens is 346 g/mol. The summed E-state index contributed by atoms with van der Waals surface area (Å²) in [6.07, 6.45) is -0.0160. The Morgan fingerprint density at radius 3 is 2.56 bits per heavy atom. The molecule has 136 valence electrons. The number of para-hydroxylation sites is 1. The molecule has 2 amide bonds. The van der Waals surface area contributed by atoms with E-state index in [0.717, 1.165) is 0 Å². The summed E-state index contributed by atoms with van der Waals surface area (Å²) in [7, 11) is 0. The number of nitrogens with one attached hydrogen (secondary N) is 2. The van der Waals surface area contributed by atoms with Crippen LogP contribution in [0.4, 0.5) is 5.69 Å². The maximum Gasteiger partial charge on any atom is 0.246 e. The van der Waals surface area contributed by atoms with Crippen molar-refractivity contribution in [2.45, 2.75) is 32.9 Å². The van der Waals surface area contributed by atoms with Gasteiger partial charge in [0.15, 0.2) is 5.82 Å². The van der Waals surface area contributed by atoms with E-state index in [-0.39, 0.29) is 54.8 Å². The van der Waals surface area contributed by atoms with Gasteiger partial charge in [-0.3, -0.25) is 9.59 Å². The minimum Gasteiger partial charge on any atom is -0.346 e. The summed E-state index contributed by atoms with van der Waals surface area (Å²) in [4.78, 5) is 27.7. The van der Waals surface area contributed by atoms with E-state index in [0.29, 0.717) is 5.69 Å². The lowest BCUT2D eigenvalue weighted by Gasteiger charge is -2.14. The molecule has 1 heterocycles. The van der Waals surface area contributed by atoms with E-state index in [1.165, 1.54) is 0 Å². The van der Waals surface area contributed by atoms with Crippen molar-refractivity contribution in [3.63, 3.8) is 0 Å². The average Bonchev–Trinajstić information content (AvgIpc) is 2.99. The zero-order valence-electron chi connectivity index (χ0n) is 14.1. The Kier molecular flexibility index (Phi) is 8.03. The molecule has 1 aromatic carbocycles. The Morgan fingerprint density at radius 2 is 1.92 bits per heavy atom. The van der Waals surface area contributed by atoms with E-state index in [2.05, 4.69) is 20.8 Å². The molecule has 0 unspecified atom stereocenters. The quantitative estimate of drug-likeness (QED) is 0.677. The van der Waals surface area contributed by atoms with Gasteiger partial charge >= 0.3 is 0 Å². The van der Waals surface area contributed by atoms with Gasteiger partial charge in [0, 0.05) is 5.69 Å². The highest BCUT2D eigenvalue weighted by Gasteiger charge is 2.18. The van der Waals surface area contributed by atoms with E-state index in [1.807, 2.05) is 32.0 Å². The van der Waals surface area contributed by atoms with Gasteiger partial charge in [-0.05, 0) is 18.1 Å². The molecule has 2 aromatic rings. The van der Waals surface area contributed by atoms with Crippen molar-refractivity contribution in [2.75, 3.05) is 5.32 Å². The summed E-state index contributed by atoms with van der Waals surface area (Å²) in [6, 6.07) is 8.49. The highest BCUT2D eigenvalue weighted by molar-refractivity contribution is 5.91. The van der Waals surface area contributed by atoms with Crippen molar-refractivity contribution in [3.8, 4) is 0 Å². The number of hydrogen-bond acceptors (Lipinski definition) is 6. The molecule has 0 fully saturated rings. The third kappa shape index (κ3) is 6.52. The number of carbonyl (C=O) groups excluding carboxylic acids is 2. The molecule has 0 aliphatic carbocycles. The van der Waals surface area contributed by atoms with Gasteiger partial charge in [-0.15, -0.1) is 12.4 Å². The minimum absolute atomic E-state index is 0. The first kappa shape index (κ1) is 20.6. The maximum absolute atomic E-state index is 11.9. The van der Waals surface area contributed by atoms with E-state index >= 15 is 0 Å². The summed E-state index contributed by atoms with van der Waals surface area (Å²) in [5, 5.41) is 9.08. The van der Waals surface area contributed by atoms with Gasteiger partial charge in [-0.25, -0.2) is 0 Å². The van der Waals surface area contributed by atoms with Crippen LogP contribution in [0.3, 0.4) is 0 Å². The largest absolute Gasteiger partial charge is 0.346 e. The van der Waals surface area contributed by atoms with Gasteiger partial charge in [0.1, 0.15) is 0 Å². The average molecular weight is 368 g/mol. The third-order valence-electron chi connectivity index (χ3n) is 3.32. The van der Waals surface area contributed by atoms with E-state index in [9.17, 15) is 9.59 Å². The first-order valence-corrected chi connectivity index (χ1v) is 7.65. The van der Waals surface area contributed by atoms with Crippen LogP contribution in [0.15, 0.2) is 34.9 Å². The van der Waals surface area contributed by atoms with Crippen molar-refractivity contribution in [1.29, 1.82) is 0 Å². The first-order chi connectivity index (χ1) is 11.5. The topological polar surface area (TPSA) is 123 Å². The molecule has 25 heavy (non-hydrogen) atoms. The van der Waals surface area contributed by atoms with Gasteiger partial charge in [0.25, 0.3) is 0 Å². The molecule has 1 aromatic heterocycles. The van der Waals surface area contributed by atoms with Gasteiger partial charge in [-0.1, -0.05) is 37.2 Å². The highest BCUT2D eigenvalue weighted by atomic mass is 35.5. The molecule has 2 rings (SSSR count). The second kappa shape index (κ2) is 9.75. The van der Waals surface area contributed by atoms with Crippen LogP contribution < -0.4 is 16.4 Å². The second-order valence-corrected chi connectivity index (χ2v) is 5.68. The van der Waals surface area contributed by atoms with Gasteiger partial charge in [-0.2, -0.15) is 4.98 Å². The molecular formula is C16H22ClN5O3. The van der Waals surface area contributed by atoms with Crippen molar-refractivity contribution < 1.29 is 14.1 Å². The predicted octanol–water partition coefficient (Wildman–Crippen LogP) is 1.27. The molecule has 0 saturated heterocycles. The number of rotatable bonds is 7. The predicted molar refractivity (Wildman–Crippen MR) is 95.0 cm³/mol. The maximum atomic E-state index is 11.9. The van der Waals surface area contributed by atoms with E-state index in [4.69, 9.17) is 10.3 Å². The Labute approximate surface area is 152 Å². The summed E-state index contributed by atoms with van der Waals surface area (Å²) >= 11 is 0. The molecule has 0 spiro atoms. The number of nitrogens with zero attached hydrogens (tertiary/aromatic N) is 2. The standard InChI is InChI=1S/C16H21N5O3.ClH/c1-10(2)15(17)16(23)18-9-14-20-12(21-24-14)8-13(22)19-11-6-4-3-5-7-11;/h3-7,10,15H,8-9,17H2,1-2H3,(H,18,23)(H,19,22);1H/t15-;/m0./s1. The summed E-state index contributed by atoms with van der Waals surface area (Å²) in [5.41, 5.74) is 6.43. The molecule has 0 aliphatic heterocycles. The minimum atomic E-state index is -0.593. The smallest absolute Gasteiger partial charge is 0.246 e. The Bertz CT molecular complexity index is 690. The Morgan fingerprint density at radius 1 is 1.24 bits per heavy atom. The van der Waals surface area contributed by atoms with Crippen LogP contribution in [0.25, 0.3) is 0 Å². The normalized spacial score (nSPS) is 11.5. The SMILES string of the molecule is CC(C)[C@H](N)C(=O)NCc1nc(CC(=O)Nc2ccccc2)no1.Cl. The molecule has 0 saturated carbocycles. The molecule has 1 atom stereocenters. The van der Waals surface area contributed by atoms with Crippen LogP contribution >= 0.6 is 12.4 Å². The number of hydrogen-bond donors (Lipinski definition) is 3. The van der Waals surface area contributed by atoms with Gasteiger partial charge < -0.3 is 20.9 Å². The summed E-state index contributed by atoms with van der Waals surface area (Å²) in [6.45, 7) is 3.80. The number of nitrogens with two attached hydrogens (primary N) is 1. The fourth-order valence-corrected chi connectivity index (χ4v) is 1.89.